The summed E-state index contributed by atoms with van der Waals surface area (Å²) in [5.74, 6) is 0. The van der Waals surface area contributed by atoms with Gasteiger partial charge in [0.25, 0.3) is 0 Å². The van der Waals surface area contributed by atoms with Crippen LogP contribution in [-0.2, 0) is 16.0 Å². The zero-order chi connectivity index (χ0) is 14.5. The lowest BCUT2D eigenvalue weighted by Gasteiger charge is -2.21. The van der Waals surface area contributed by atoms with Crippen molar-refractivity contribution >= 4 is 28.3 Å². The average molecular weight is 328 g/mol. The summed E-state index contributed by atoms with van der Waals surface area (Å²) in [6.07, 6.45) is 0.573. The molecule has 1 atom stereocenters. The SMILES string of the molecule is CC(C)(C)OC(=O)N[C@H](C=O)Cc1ccc(Br)cc1. The summed E-state index contributed by atoms with van der Waals surface area (Å²) in [6, 6.07) is 7.00. The Morgan fingerprint density at radius 2 is 1.95 bits per heavy atom. The number of hydrogen-bond donors (Lipinski definition) is 1. The van der Waals surface area contributed by atoms with Crippen molar-refractivity contribution in [3.8, 4) is 0 Å². The van der Waals surface area contributed by atoms with Crippen LogP contribution in [0.15, 0.2) is 28.7 Å². The highest BCUT2D eigenvalue weighted by atomic mass is 79.9. The minimum atomic E-state index is -0.587. The lowest BCUT2D eigenvalue weighted by Crippen LogP contribution is -2.41. The molecule has 0 saturated carbocycles. The van der Waals surface area contributed by atoms with Crippen LogP contribution < -0.4 is 5.32 Å². The van der Waals surface area contributed by atoms with Crippen LogP contribution in [0.4, 0.5) is 4.79 Å². The smallest absolute Gasteiger partial charge is 0.408 e. The summed E-state index contributed by atoms with van der Waals surface area (Å²) in [4.78, 5) is 22.6. The number of aldehydes is 1. The molecule has 1 N–H and O–H groups in total. The van der Waals surface area contributed by atoms with Crippen LogP contribution in [0.1, 0.15) is 26.3 Å². The maximum atomic E-state index is 11.6. The summed E-state index contributed by atoms with van der Waals surface area (Å²) in [7, 11) is 0. The molecule has 0 bridgehead atoms. The first-order valence-electron chi connectivity index (χ1n) is 5.99. The molecule has 0 aliphatic rings. The standard InChI is InChI=1S/C14H18BrNO3/c1-14(2,3)19-13(18)16-12(9-17)8-10-4-6-11(15)7-5-10/h4-7,9,12H,8H2,1-3H3,(H,16,18)/t12-/m0/s1. The molecule has 0 unspecified atom stereocenters. The average Bonchev–Trinajstić information content (AvgIpc) is 2.28. The minimum absolute atomic E-state index is 0.440. The monoisotopic (exact) mass is 327 g/mol. The quantitative estimate of drug-likeness (QED) is 0.864. The maximum Gasteiger partial charge on any atom is 0.408 e. The third-order valence-electron chi connectivity index (χ3n) is 2.24. The molecule has 0 aliphatic heterocycles. The maximum absolute atomic E-state index is 11.6. The van der Waals surface area contributed by atoms with Gasteiger partial charge in [-0.15, -0.1) is 0 Å². The third kappa shape index (κ3) is 6.38. The Hall–Kier alpha value is -1.36. The van der Waals surface area contributed by atoms with Gasteiger partial charge in [0.05, 0.1) is 6.04 Å². The van der Waals surface area contributed by atoms with Crippen LogP contribution in [0.3, 0.4) is 0 Å². The lowest BCUT2D eigenvalue weighted by atomic mass is 10.1. The summed E-state index contributed by atoms with van der Waals surface area (Å²) >= 11 is 3.34. The molecular weight excluding hydrogens is 310 g/mol. The number of carbonyl (C=O) groups excluding carboxylic acids is 2. The van der Waals surface area contributed by atoms with Gasteiger partial charge in [-0.2, -0.15) is 0 Å². The molecule has 1 rings (SSSR count). The fourth-order valence-corrected chi connectivity index (χ4v) is 1.73. The van der Waals surface area contributed by atoms with Crippen LogP contribution in [0.2, 0.25) is 0 Å². The molecular formula is C14H18BrNO3. The third-order valence-corrected chi connectivity index (χ3v) is 2.76. The number of amides is 1. The Balaban J connectivity index is 2.57. The van der Waals surface area contributed by atoms with Crippen molar-refractivity contribution in [3.63, 3.8) is 0 Å². The first kappa shape index (κ1) is 15.7. The normalized spacial score (nSPS) is 12.6. The molecule has 1 aromatic carbocycles. The summed E-state index contributed by atoms with van der Waals surface area (Å²) in [5.41, 5.74) is 0.395. The second-order valence-corrected chi connectivity index (χ2v) is 6.14. The Morgan fingerprint density at radius 3 is 2.42 bits per heavy atom. The molecule has 104 valence electrons. The first-order valence-corrected chi connectivity index (χ1v) is 6.79. The molecule has 19 heavy (non-hydrogen) atoms. The van der Waals surface area contributed by atoms with Gasteiger partial charge in [0.15, 0.2) is 0 Å². The number of halogens is 1. The Labute approximate surface area is 121 Å². The topological polar surface area (TPSA) is 55.4 Å². The highest BCUT2D eigenvalue weighted by Crippen LogP contribution is 2.12. The van der Waals surface area contributed by atoms with Crippen molar-refractivity contribution in [2.24, 2.45) is 0 Å². The van der Waals surface area contributed by atoms with Gasteiger partial charge in [-0.25, -0.2) is 4.79 Å². The number of ether oxygens (including phenoxy) is 1. The van der Waals surface area contributed by atoms with E-state index >= 15 is 0 Å². The van der Waals surface area contributed by atoms with E-state index in [1.807, 2.05) is 24.3 Å². The number of nitrogens with one attached hydrogen (secondary N) is 1. The molecule has 0 heterocycles. The van der Waals surface area contributed by atoms with Gasteiger partial charge >= 0.3 is 6.09 Å². The molecule has 0 aliphatic carbocycles. The van der Waals surface area contributed by atoms with E-state index in [1.165, 1.54) is 0 Å². The fourth-order valence-electron chi connectivity index (χ4n) is 1.47. The zero-order valence-corrected chi connectivity index (χ0v) is 12.9. The summed E-state index contributed by atoms with van der Waals surface area (Å²) in [6.45, 7) is 5.33. The van der Waals surface area contributed by atoms with E-state index in [4.69, 9.17) is 4.74 Å². The van der Waals surface area contributed by atoms with Crippen molar-refractivity contribution in [2.75, 3.05) is 0 Å². The van der Waals surface area contributed by atoms with E-state index < -0.39 is 17.7 Å². The van der Waals surface area contributed by atoms with Crippen LogP contribution in [0, 0.1) is 0 Å². The van der Waals surface area contributed by atoms with Crippen LogP contribution >= 0.6 is 15.9 Å². The van der Waals surface area contributed by atoms with Gasteiger partial charge in [0, 0.05) is 4.47 Å². The van der Waals surface area contributed by atoms with E-state index in [1.54, 1.807) is 20.8 Å². The van der Waals surface area contributed by atoms with Crippen molar-refractivity contribution in [1.29, 1.82) is 0 Å². The number of benzene rings is 1. The van der Waals surface area contributed by atoms with Crippen molar-refractivity contribution in [3.05, 3.63) is 34.3 Å². The van der Waals surface area contributed by atoms with Gasteiger partial charge in [0.1, 0.15) is 11.9 Å². The Kier molecular flexibility index (Phi) is 5.54. The van der Waals surface area contributed by atoms with Gasteiger partial charge in [-0.05, 0) is 44.9 Å². The van der Waals surface area contributed by atoms with Gasteiger partial charge in [0.2, 0.25) is 0 Å². The predicted octanol–water partition coefficient (Wildman–Crippen LogP) is 3.08. The lowest BCUT2D eigenvalue weighted by molar-refractivity contribution is -0.109. The molecule has 0 fully saturated rings. The molecule has 0 saturated heterocycles. The predicted molar refractivity (Wildman–Crippen MR) is 77.1 cm³/mol. The molecule has 5 heteroatoms. The Morgan fingerprint density at radius 1 is 1.37 bits per heavy atom. The van der Waals surface area contributed by atoms with Gasteiger partial charge in [-0.1, -0.05) is 28.1 Å². The van der Waals surface area contributed by atoms with Crippen molar-refractivity contribution in [1.82, 2.24) is 5.32 Å². The highest BCUT2D eigenvalue weighted by molar-refractivity contribution is 9.10. The second kappa shape index (κ2) is 6.70. The number of carbonyl (C=O) groups is 2. The largest absolute Gasteiger partial charge is 0.444 e. The van der Waals surface area contributed by atoms with E-state index in [0.717, 1.165) is 10.0 Å². The van der Waals surface area contributed by atoms with E-state index in [-0.39, 0.29) is 0 Å². The molecule has 0 spiro atoms. The molecule has 0 aromatic heterocycles. The van der Waals surface area contributed by atoms with Crippen LogP contribution in [0.25, 0.3) is 0 Å². The van der Waals surface area contributed by atoms with Gasteiger partial charge < -0.3 is 14.8 Å². The van der Waals surface area contributed by atoms with Crippen LogP contribution in [-0.4, -0.2) is 24.0 Å². The molecule has 4 nitrogen and oxygen atoms in total. The summed E-state index contributed by atoms with van der Waals surface area (Å²) in [5, 5.41) is 2.55. The first-order chi connectivity index (χ1) is 8.80. The number of rotatable bonds is 4. The number of alkyl carbamates (subject to hydrolysis) is 1. The second-order valence-electron chi connectivity index (χ2n) is 5.22. The highest BCUT2D eigenvalue weighted by Gasteiger charge is 2.19. The van der Waals surface area contributed by atoms with E-state index in [2.05, 4.69) is 21.2 Å². The summed E-state index contributed by atoms with van der Waals surface area (Å²) < 4.78 is 6.08. The molecule has 1 aromatic rings. The molecule has 1 amide bonds. The zero-order valence-electron chi connectivity index (χ0n) is 11.3. The fraction of sp³-hybridized carbons (Fsp3) is 0.429. The minimum Gasteiger partial charge on any atom is -0.444 e. The van der Waals surface area contributed by atoms with Crippen molar-refractivity contribution < 1.29 is 14.3 Å². The molecule has 0 radical (unpaired) electrons. The Bertz CT molecular complexity index is 437. The van der Waals surface area contributed by atoms with Crippen molar-refractivity contribution in [2.45, 2.75) is 38.8 Å². The number of hydrogen-bond acceptors (Lipinski definition) is 3. The van der Waals surface area contributed by atoms with Gasteiger partial charge in [-0.3, -0.25) is 0 Å². The van der Waals surface area contributed by atoms with E-state index in [0.29, 0.717) is 12.7 Å². The van der Waals surface area contributed by atoms with E-state index in [9.17, 15) is 9.59 Å². The van der Waals surface area contributed by atoms with Crippen LogP contribution in [0.5, 0.6) is 0 Å².